The van der Waals surface area contributed by atoms with Crippen molar-refractivity contribution in [3.05, 3.63) is 27.7 Å². The minimum Gasteiger partial charge on any atom is -0.484 e. The minimum absolute atomic E-state index is 0.271. The highest BCUT2D eigenvalue weighted by atomic mass is 79.9. The molecule has 0 radical (unpaired) electrons. The molecule has 0 saturated carbocycles. The molecular weight excluding hydrogens is 273 g/mol. The molecule has 0 spiro atoms. The zero-order chi connectivity index (χ0) is 11.6. The van der Waals surface area contributed by atoms with E-state index in [9.17, 15) is 13.2 Å². The van der Waals surface area contributed by atoms with E-state index < -0.39 is 12.8 Å². The van der Waals surface area contributed by atoms with Crippen LogP contribution in [0.25, 0.3) is 0 Å². The number of halogens is 4. The minimum atomic E-state index is -4.30. The first-order chi connectivity index (χ1) is 6.81. The lowest BCUT2D eigenvalue weighted by molar-refractivity contribution is -0.153. The van der Waals surface area contributed by atoms with E-state index in [4.69, 9.17) is 4.74 Å². The lowest BCUT2D eigenvalue weighted by Crippen LogP contribution is -2.19. The quantitative estimate of drug-likeness (QED) is 0.797. The van der Waals surface area contributed by atoms with Gasteiger partial charge in [-0.25, -0.2) is 0 Å². The van der Waals surface area contributed by atoms with Crippen LogP contribution in [0.4, 0.5) is 13.2 Å². The van der Waals surface area contributed by atoms with Crippen LogP contribution in [0.5, 0.6) is 5.75 Å². The smallest absolute Gasteiger partial charge is 0.422 e. The molecule has 1 rings (SSSR count). The number of alkyl halides is 3. The molecular formula is C10H10BrF3O. The number of hydrogen-bond acceptors (Lipinski definition) is 1. The predicted octanol–water partition coefficient (Wildman–Crippen LogP) is 4.01. The van der Waals surface area contributed by atoms with Gasteiger partial charge < -0.3 is 4.74 Å². The molecule has 1 nitrogen and oxygen atoms in total. The molecule has 0 aliphatic carbocycles. The first-order valence-electron chi connectivity index (χ1n) is 4.26. The summed E-state index contributed by atoms with van der Waals surface area (Å²) in [5.74, 6) is 0.271. The fourth-order valence-corrected chi connectivity index (χ4v) is 1.51. The summed E-state index contributed by atoms with van der Waals surface area (Å²) >= 11 is 3.29. The second kappa shape index (κ2) is 4.43. The van der Waals surface area contributed by atoms with Crippen LogP contribution in [-0.2, 0) is 0 Å². The normalized spacial score (nSPS) is 11.6. The molecule has 0 heterocycles. The van der Waals surface area contributed by atoms with Crippen LogP contribution in [0.1, 0.15) is 11.1 Å². The van der Waals surface area contributed by atoms with Crippen LogP contribution in [0, 0.1) is 13.8 Å². The molecule has 0 bridgehead atoms. The van der Waals surface area contributed by atoms with Crippen molar-refractivity contribution < 1.29 is 17.9 Å². The maximum absolute atomic E-state index is 11.9. The van der Waals surface area contributed by atoms with E-state index in [1.165, 1.54) is 6.07 Å². The molecule has 0 N–H and O–H groups in total. The van der Waals surface area contributed by atoms with Gasteiger partial charge in [0, 0.05) is 4.47 Å². The number of rotatable bonds is 2. The van der Waals surface area contributed by atoms with Crippen LogP contribution in [0.15, 0.2) is 16.6 Å². The highest BCUT2D eigenvalue weighted by Crippen LogP contribution is 2.28. The summed E-state index contributed by atoms with van der Waals surface area (Å²) in [6.45, 7) is 2.29. The van der Waals surface area contributed by atoms with Crippen molar-refractivity contribution >= 4 is 15.9 Å². The van der Waals surface area contributed by atoms with Crippen molar-refractivity contribution in [2.45, 2.75) is 20.0 Å². The zero-order valence-electron chi connectivity index (χ0n) is 8.28. The Balaban J connectivity index is 2.83. The van der Waals surface area contributed by atoms with Gasteiger partial charge in [0.25, 0.3) is 0 Å². The third kappa shape index (κ3) is 3.41. The molecule has 0 aliphatic heterocycles. The van der Waals surface area contributed by atoms with Gasteiger partial charge in [-0.1, -0.05) is 15.9 Å². The van der Waals surface area contributed by atoms with E-state index >= 15 is 0 Å². The third-order valence-corrected chi connectivity index (χ3v) is 2.92. The molecule has 5 heteroatoms. The van der Waals surface area contributed by atoms with Crippen molar-refractivity contribution in [3.8, 4) is 5.75 Å². The molecule has 0 aromatic heterocycles. The zero-order valence-corrected chi connectivity index (χ0v) is 9.87. The van der Waals surface area contributed by atoms with Crippen LogP contribution in [-0.4, -0.2) is 12.8 Å². The van der Waals surface area contributed by atoms with Gasteiger partial charge in [0.2, 0.25) is 0 Å². The summed E-state index contributed by atoms with van der Waals surface area (Å²) in [6.07, 6.45) is -4.30. The Kier molecular flexibility index (Phi) is 3.65. The van der Waals surface area contributed by atoms with Crippen molar-refractivity contribution in [1.29, 1.82) is 0 Å². The average Bonchev–Trinajstić information content (AvgIpc) is 2.12. The Hall–Kier alpha value is -0.710. The van der Waals surface area contributed by atoms with Gasteiger partial charge in [0.05, 0.1) is 0 Å². The van der Waals surface area contributed by atoms with Gasteiger partial charge in [0.15, 0.2) is 6.61 Å². The summed E-state index contributed by atoms with van der Waals surface area (Å²) < 4.78 is 41.3. The topological polar surface area (TPSA) is 9.23 Å². The molecule has 0 unspecified atom stereocenters. The summed E-state index contributed by atoms with van der Waals surface area (Å²) in [4.78, 5) is 0. The Morgan fingerprint density at radius 2 is 1.80 bits per heavy atom. The molecule has 15 heavy (non-hydrogen) atoms. The Morgan fingerprint density at radius 3 is 2.33 bits per heavy atom. The summed E-state index contributed by atoms with van der Waals surface area (Å²) in [5.41, 5.74) is 1.60. The lowest BCUT2D eigenvalue weighted by Gasteiger charge is -2.13. The molecule has 0 fully saturated rings. The van der Waals surface area contributed by atoms with Crippen LogP contribution >= 0.6 is 15.9 Å². The van der Waals surface area contributed by atoms with E-state index in [1.807, 2.05) is 6.92 Å². The largest absolute Gasteiger partial charge is 0.484 e. The molecule has 0 atom stereocenters. The van der Waals surface area contributed by atoms with Gasteiger partial charge >= 0.3 is 6.18 Å². The van der Waals surface area contributed by atoms with Crippen LogP contribution in [0.2, 0.25) is 0 Å². The maximum atomic E-state index is 11.9. The van der Waals surface area contributed by atoms with Crippen molar-refractivity contribution in [1.82, 2.24) is 0 Å². The fourth-order valence-electron chi connectivity index (χ4n) is 1.08. The monoisotopic (exact) mass is 282 g/mol. The van der Waals surface area contributed by atoms with Gasteiger partial charge in [-0.05, 0) is 37.1 Å². The average molecular weight is 283 g/mol. The van der Waals surface area contributed by atoms with E-state index in [0.717, 1.165) is 10.0 Å². The number of hydrogen-bond donors (Lipinski definition) is 0. The van der Waals surface area contributed by atoms with Gasteiger partial charge in [-0.2, -0.15) is 13.2 Å². The van der Waals surface area contributed by atoms with Crippen molar-refractivity contribution in [2.75, 3.05) is 6.61 Å². The molecule has 1 aromatic rings. The third-order valence-electron chi connectivity index (χ3n) is 2.06. The summed E-state index contributed by atoms with van der Waals surface area (Å²) in [6, 6.07) is 3.20. The number of ether oxygens (including phenoxy) is 1. The first kappa shape index (κ1) is 12.4. The van der Waals surface area contributed by atoms with Gasteiger partial charge in [-0.3, -0.25) is 0 Å². The van der Waals surface area contributed by atoms with E-state index in [2.05, 4.69) is 15.9 Å². The standard InChI is InChI=1S/C10H10BrF3O/c1-6-7(2)9(4-3-8(6)11)15-5-10(12,13)14/h3-4H,5H2,1-2H3. The Bertz CT molecular complexity index is 360. The fraction of sp³-hybridized carbons (Fsp3) is 0.400. The maximum Gasteiger partial charge on any atom is 0.422 e. The molecule has 0 aliphatic rings. The molecule has 1 aromatic carbocycles. The van der Waals surface area contributed by atoms with E-state index in [0.29, 0.717) is 5.56 Å². The summed E-state index contributed by atoms with van der Waals surface area (Å²) in [7, 11) is 0. The van der Waals surface area contributed by atoms with Crippen LogP contribution in [0.3, 0.4) is 0 Å². The Morgan fingerprint density at radius 1 is 1.20 bits per heavy atom. The SMILES string of the molecule is Cc1c(Br)ccc(OCC(F)(F)F)c1C. The van der Waals surface area contributed by atoms with Crippen molar-refractivity contribution in [2.24, 2.45) is 0 Å². The molecule has 84 valence electrons. The second-order valence-corrected chi connectivity index (χ2v) is 4.05. The van der Waals surface area contributed by atoms with Crippen LogP contribution < -0.4 is 4.74 Å². The lowest BCUT2D eigenvalue weighted by atomic mass is 10.1. The van der Waals surface area contributed by atoms with E-state index in [1.54, 1.807) is 13.0 Å². The Labute approximate surface area is 94.4 Å². The second-order valence-electron chi connectivity index (χ2n) is 3.20. The van der Waals surface area contributed by atoms with Gasteiger partial charge in [0.1, 0.15) is 5.75 Å². The highest BCUT2D eigenvalue weighted by Gasteiger charge is 2.28. The van der Waals surface area contributed by atoms with Crippen molar-refractivity contribution in [3.63, 3.8) is 0 Å². The number of benzene rings is 1. The highest BCUT2D eigenvalue weighted by molar-refractivity contribution is 9.10. The molecule has 0 amide bonds. The first-order valence-corrected chi connectivity index (χ1v) is 5.06. The van der Waals surface area contributed by atoms with Gasteiger partial charge in [-0.15, -0.1) is 0 Å². The summed E-state index contributed by atoms with van der Waals surface area (Å²) in [5, 5.41) is 0. The predicted molar refractivity (Wildman–Crippen MR) is 55.2 cm³/mol. The van der Waals surface area contributed by atoms with E-state index in [-0.39, 0.29) is 5.75 Å². The molecule has 0 saturated heterocycles.